The van der Waals surface area contributed by atoms with Crippen molar-refractivity contribution in [2.24, 2.45) is 0 Å². The lowest BCUT2D eigenvalue weighted by Crippen LogP contribution is -2.32. The molecule has 26 heavy (non-hydrogen) atoms. The monoisotopic (exact) mass is 347 g/mol. The van der Waals surface area contributed by atoms with Gasteiger partial charge in [0.05, 0.1) is 22.8 Å². The van der Waals surface area contributed by atoms with Gasteiger partial charge in [-0.3, -0.25) is 14.6 Å². The first-order valence-corrected chi connectivity index (χ1v) is 8.92. The molecule has 0 unspecified atom stereocenters. The maximum absolute atomic E-state index is 12.9. The number of aromatic amines is 1. The minimum absolute atomic E-state index is 0.0868. The Morgan fingerprint density at radius 1 is 1.19 bits per heavy atom. The van der Waals surface area contributed by atoms with Gasteiger partial charge in [-0.05, 0) is 62.4 Å². The van der Waals surface area contributed by atoms with Gasteiger partial charge in [0, 0.05) is 17.1 Å². The highest BCUT2D eigenvalue weighted by atomic mass is 16.1. The predicted octanol–water partition coefficient (Wildman–Crippen LogP) is 3.35. The lowest BCUT2D eigenvalue weighted by atomic mass is 9.91. The van der Waals surface area contributed by atoms with Crippen LogP contribution < -0.4 is 10.9 Å². The van der Waals surface area contributed by atoms with Crippen molar-refractivity contribution in [2.45, 2.75) is 39.2 Å². The van der Waals surface area contributed by atoms with Gasteiger partial charge >= 0.3 is 0 Å². The first-order valence-electron chi connectivity index (χ1n) is 8.92. The van der Waals surface area contributed by atoms with E-state index in [1.54, 1.807) is 0 Å². The van der Waals surface area contributed by atoms with Crippen molar-refractivity contribution in [1.29, 1.82) is 0 Å². The fourth-order valence-electron chi connectivity index (χ4n) is 3.69. The van der Waals surface area contributed by atoms with Gasteiger partial charge in [0.2, 0.25) is 5.56 Å². The zero-order valence-corrected chi connectivity index (χ0v) is 14.9. The van der Waals surface area contributed by atoms with Gasteiger partial charge in [-0.25, -0.2) is 0 Å². The number of nitrogens with zero attached hydrogens (tertiary/aromatic N) is 1. The van der Waals surface area contributed by atoms with Crippen LogP contribution in [0.5, 0.6) is 0 Å². The third-order valence-electron chi connectivity index (χ3n) is 5.05. The largest absolute Gasteiger partial charge is 0.345 e. The molecule has 4 rings (SSSR count). The minimum atomic E-state index is -0.124. The summed E-state index contributed by atoms with van der Waals surface area (Å²) in [7, 11) is 0. The number of benzene rings is 1. The normalized spacial score (nSPS) is 16.3. The summed E-state index contributed by atoms with van der Waals surface area (Å²) in [5.41, 5.74) is 5.20. The summed E-state index contributed by atoms with van der Waals surface area (Å²) in [4.78, 5) is 31.9. The molecule has 0 fully saturated rings. The van der Waals surface area contributed by atoms with Crippen molar-refractivity contribution in [3.8, 4) is 0 Å². The molecule has 5 nitrogen and oxygen atoms in total. The van der Waals surface area contributed by atoms with E-state index in [2.05, 4.69) is 15.3 Å². The fraction of sp³-hybridized carbons (Fsp3) is 0.286. The Bertz CT molecular complexity index is 1070. The lowest BCUT2D eigenvalue weighted by molar-refractivity contribution is 0.0931. The average molecular weight is 347 g/mol. The van der Waals surface area contributed by atoms with E-state index in [-0.39, 0.29) is 17.5 Å². The molecule has 3 aromatic rings. The van der Waals surface area contributed by atoms with Crippen LogP contribution in [0.1, 0.15) is 51.8 Å². The molecular weight excluding hydrogens is 326 g/mol. The standard InChI is InChI=1S/C21H21N3O2/c1-12-6-7-14-11-16(13(2)22-19(14)10-12)21(26)24-18-5-3-4-17-15(18)8-9-20(25)23-17/h6-11,18H,3-5H2,1-2H3,(H,23,25)(H,24,26)/t18-/m1/s1. The number of nitrogens with one attached hydrogen (secondary N) is 2. The van der Waals surface area contributed by atoms with Crippen LogP contribution >= 0.6 is 0 Å². The van der Waals surface area contributed by atoms with Gasteiger partial charge in [-0.1, -0.05) is 12.1 Å². The quantitative estimate of drug-likeness (QED) is 0.746. The topological polar surface area (TPSA) is 74.8 Å². The Hall–Kier alpha value is -2.95. The van der Waals surface area contributed by atoms with E-state index < -0.39 is 0 Å². The van der Waals surface area contributed by atoms with E-state index in [1.165, 1.54) is 6.07 Å². The third-order valence-corrected chi connectivity index (χ3v) is 5.05. The second-order valence-corrected chi connectivity index (χ2v) is 6.99. The summed E-state index contributed by atoms with van der Waals surface area (Å²) < 4.78 is 0. The molecule has 0 saturated heterocycles. The van der Waals surface area contributed by atoms with E-state index in [1.807, 2.05) is 44.2 Å². The Balaban J connectivity index is 1.65. The SMILES string of the molecule is Cc1ccc2cc(C(=O)N[C@@H]3CCCc4[nH]c(=O)ccc43)c(C)nc2c1. The van der Waals surface area contributed by atoms with Gasteiger partial charge in [0.15, 0.2) is 0 Å². The third kappa shape index (κ3) is 3.01. The number of amides is 1. The highest BCUT2D eigenvalue weighted by Crippen LogP contribution is 2.28. The average Bonchev–Trinajstić information content (AvgIpc) is 2.60. The number of pyridine rings is 2. The van der Waals surface area contributed by atoms with Crippen LogP contribution in [-0.4, -0.2) is 15.9 Å². The number of rotatable bonds is 2. The van der Waals surface area contributed by atoms with Crippen molar-refractivity contribution in [3.05, 3.63) is 74.8 Å². The van der Waals surface area contributed by atoms with Crippen molar-refractivity contribution >= 4 is 16.8 Å². The molecule has 1 aromatic carbocycles. The molecule has 2 N–H and O–H groups in total. The molecule has 0 aliphatic heterocycles. The highest BCUT2D eigenvalue weighted by molar-refractivity contribution is 5.98. The van der Waals surface area contributed by atoms with Crippen molar-refractivity contribution in [3.63, 3.8) is 0 Å². The summed E-state index contributed by atoms with van der Waals surface area (Å²) in [6.07, 6.45) is 2.64. The highest BCUT2D eigenvalue weighted by Gasteiger charge is 2.23. The van der Waals surface area contributed by atoms with Crippen molar-refractivity contribution in [1.82, 2.24) is 15.3 Å². The molecule has 1 aliphatic carbocycles. The maximum atomic E-state index is 12.9. The van der Waals surface area contributed by atoms with E-state index in [0.717, 1.165) is 52.7 Å². The number of carbonyl (C=O) groups excluding carboxylic acids is 1. The summed E-state index contributed by atoms with van der Waals surface area (Å²) in [5.74, 6) is -0.124. The van der Waals surface area contributed by atoms with Crippen molar-refractivity contribution in [2.75, 3.05) is 0 Å². The van der Waals surface area contributed by atoms with Gasteiger partial charge in [-0.15, -0.1) is 0 Å². The Morgan fingerprint density at radius 2 is 2.04 bits per heavy atom. The molecule has 1 aliphatic rings. The molecule has 1 amide bonds. The van der Waals surface area contributed by atoms with Crippen LogP contribution in [0, 0.1) is 13.8 Å². The zero-order chi connectivity index (χ0) is 18.3. The van der Waals surface area contributed by atoms with Crippen LogP contribution in [0.3, 0.4) is 0 Å². The van der Waals surface area contributed by atoms with Crippen LogP contribution in [0.2, 0.25) is 0 Å². The number of aryl methyl sites for hydroxylation is 3. The maximum Gasteiger partial charge on any atom is 0.253 e. The minimum Gasteiger partial charge on any atom is -0.345 e. The number of hydrogen-bond donors (Lipinski definition) is 2. The van der Waals surface area contributed by atoms with Crippen molar-refractivity contribution < 1.29 is 4.79 Å². The second kappa shape index (κ2) is 6.41. The first kappa shape index (κ1) is 16.5. The Labute approximate surface area is 151 Å². The summed E-state index contributed by atoms with van der Waals surface area (Å²) >= 11 is 0. The predicted molar refractivity (Wildman–Crippen MR) is 101 cm³/mol. The van der Waals surface area contributed by atoms with Gasteiger partial charge in [0.25, 0.3) is 5.91 Å². The Morgan fingerprint density at radius 3 is 2.88 bits per heavy atom. The Kier molecular flexibility index (Phi) is 4.07. The number of carbonyl (C=O) groups is 1. The number of hydrogen-bond acceptors (Lipinski definition) is 3. The second-order valence-electron chi connectivity index (χ2n) is 6.99. The van der Waals surface area contributed by atoms with E-state index in [0.29, 0.717) is 5.56 Å². The zero-order valence-electron chi connectivity index (χ0n) is 14.9. The summed E-state index contributed by atoms with van der Waals surface area (Å²) in [6.45, 7) is 3.89. The molecule has 0 spiro atoms. The van der Waals surface area contributed by atoms with Gasteiger partial charge in [0.1, 0.15) is 0 Å². The number of aromatic nitrogens is 2. The molecule has 0 radical (unpaired) electrons. The van der Waals surface area contributed by atoms with E-state index in [9.17, 15) is 9.59 Å². The van der Waals surface area contributed by atoms with Gasteiger partial charge < -0.3 is 10.3 Å². The number of fused-ring (bicyclic) bond motifs is 2. The lowest BCUT2D eigenvalue weighted by Gasteiger charge is -2.26. The first-order chi connectivity index (χ1) is 12.5. The molecule has 2 aromatic heterocycles. The molecule has 1 atom stereocenters. The fourth-order valence-corrected chi connectivity index (χ4v) is 3.69. The molecule has 5 heteroatoms. The van der Waals surface area contributed by atoms with E-state index in [4.69, 9.17) is 0 Å². The number of H-pyrrole nitrogens is 1. The summed E-state index contributed by atoms with van der Waals surface area (Å²) in [5, 5.41) is 4.08. The molecule has 0 saturated carbocycles. The molecule has 132 valence electrons. The molecular formula is C21H21N3O2. The van der Waals surface area contributed by atoms with Crippen LogP contribution in [0.25, 0.3) is 10.9 Å². The van der Waals surface area contributed by atoms with E-state index >= 15 is 0 Å². The van der Waals surface area contributed by atoms with Crippen LogP contribution in [0.15, 0.2) is 41.2 Å². The van der Waals surface area contributed by atoms with Crippen LogP contribution in [-0.2, 0) is 6.42 Å². The smallest absolute Gasteiger partial charge is 0.253 e. The van der Waals surface area contributed by atoms with Gasteiger partial charge in [-0.2, -0.15) is 0 Å². The summed E-state index contributed by atoms with van der Waals surface area (Å²) in [6, 6.07) is 11.2. The molecule has 2 heterocycles. The molecule has 0 bridgehead atoms. The van der Waals surface area contributed by atoms with Crippen LogP contribution in [0.4, 0.5) is 0 Å².